The molecule has 3 aromatic rings. The van der Waals surface area contributed by atoms with Crippen LogP contribution in [0.1, 0.15) is 47.8 Å². The maximum Gasteiger partial charge on any atom is 0.271 e. The molecule has 1 aromatic carbocycles. The van der Waals surface area contributed by atoms with E-state index in [9.17, 15) is 17.6 Å². The van der Waals surface area contributed by atoms with Crippen molar-refractivity contribution in [3.63, 3.8) is 0 Å². The summed E-state index contributed by atoms with van der Waals surface area (Å²) in [5.41, 5.74) is 1.79. The van der Waals surface area contributed by atoms with Gasteiger partial charge >= 0.3 is 0 Å². The fourth-order valence-corrected chi connectivity index (χ4v) is 5.74. The Kier molecular flexibility index (Phi) is 5.98. The molecule has 34 heavy (non-hydrogen) atoms. The van der Waals surface area contributed by atoms with E-state index in [0.717, 1.165) is 24.9 Å². The molecule has 4 heterocycles. The number of hydrogen-bond acceptors (Lipinski definition) is 6. The van der Waals surface area contributed by atoms with Crippen molar-refractivity contribution in [1.29, 1.82) is 0 Å². The smallest absolute Gasteiger partial charge is 0.271 e. The molecule has 1 amide bonds. The van der Waals surface area contributed by atoms with Crippen LogP contribution in [0.25, 0.3) is 5.65 Å². The Morgan fingerprint density at radius 1 is 1.12 bits per heavy atom. The molecule has 2 fully saturated rings. The molecule has 1 unspecified atom stereocenters. The average molecular weight is 487 g/mol. The fraction of sp³-hybridized carbons (Fsp3) is 0.435. The number of amides is 1. The lowest BCUT2D eigenvalue weighted by molar-refractivity contribution is 0.0916. The molecule has 9 nitrogen and oxygen atoms in total. The number of benzene rings is 1. The maximum atomic E-state index is 13.8. The number of carbonyl (C=O) groups is 1. The minimum absolute atomic E-state index is 0.0153. The number of anilines is 1. The quantitative estimate of drug-likeness (QED) is 0.594. The van der Waals surface area contributed by atoms with Gasteiger partial charge in [-0.15, -0.1) is 5.10 Å². The second kappa shape index (κ2) is 8.95. The van der Waals surface area contributed by atoms with Crippen molar-refractivity contribution in [2.75, 3.05) is 30.8 Å². The first-order chi connectivity index (χ1) is 16.3. The van der Waals surface area contributed by atoms with Gasteiger partial charge in [0, 0.05) is 25.7 Å². The Balaban J connectivity index is 1.35. The van der Waals surface area contributed by atoms with Crippen molar-refractivity contribution in [3.05, 3.63) is 59.7 Å². The molecule has 5 rings (SSSR count). The Bertz CT molecular complexity index is 1320. The van der Waals surface area contributed by atoms with E-state index >= 15 is 0 Å². The lowest BCUT2D eigenvalue weighted by atomic mass is 10.0. The Morgan fingerprint density at radius 2 is 1.91 bits per heavy atom. The molecule has 0 radical (unpaired) electrons. The zero-order valence-electron chi connectivity index (χ0n) is 18.9. The van der Waals surface area contributed by atoms with E-state index in [0.29, 0.717) is 43.1 Å². The second-order valence-electron chi connectivity index (χ2n) is 8.92. The Morgan fingerprint density at radius 3 is 2.65 bits per heavy atom. The number of nitrogens with zero attached hydrogens (tertiary/aromatic N) is 5. The number of halogens is 1. The van der Waals surface area contributed by atoms with Crippen LogP contribution in [-0.4, -0.2) is 65.2 Å². The van der Waals surface area contributed by atoms with Crippen LogP contribution < -0.4 is 10.2 Å². The van der Waals surface area contributed by atoms with Crippen molar-refractivity contribution in [3.8, 4) is 0 Å². The molecule has 1 N–H and O–H groups in total. The third-order valence-corrected chi connectivity index (χ3v) is 7.92. The zero-order chi connectivity index (χ0) is 23.9. The van der Waals surface area contributed by atoms with Crippen LogP contribution >= 0.6 is 0 Å². The summed E-state index contributed by atoms with van der Waals surface area (Å²) in [7, 11) is -3.22. The number of fused-ring (bicyclic) bond motifs is 1. The molecular weight excluding hydrogens is 459 g/mol. The van der Waals surface area contributed by atoms with Crippen LogP contribution in [0, 0.1) is 5.82 Å². The normalized spacial score (nSPS) is 20.2. The van der Waals surface area contributed by atoms with Gasteiger partial charge in [0.2, 0.25) is 10.0 Å². The summed E-state index contributed by atoms with van der Waals surface area (Å²) < 4.78 is 40.2. The van der Waals surface area contributed by atoms with E-state index in [-0.39, 0.29) is 23.8 Å². The standard InChI is InChI=1S/C23H27FN6O3S/c1-34(32,33)28-12-9-18(10-13-28)26-23(31)20-15-25-21-7-8-22(27-30(20)21)29-11-3-6-19(29)16-4-2-5-17(24)14-16/h2,4-5,7-8,14-15,18-19H,3,6,9-13H2,1H3,(H,26,31). The number of nitrogens with one attached hydrogen (secondary N) is 1. The Hall–Kier alpha value is -3.05. The van der Waals surface area contributed by atoms with E-state index < -0.39 is 10.0 Å². The van der Waals surface area contributed by atoms with E-state index in [2.05, 4.69) is 15.2 Å². The summed E-state index contributed by atoms with van der Waals surface area (Å²) in [4.78, 5) is 19.5. The van der Waals surface area contributed by atoms with Gasteiger partial charge in [-0.1, -0.05) is 12.1 Å². The van der Waals surface area contributed by atoms with Crippen LogP contribution in [-0.2, 0) is 10.0 Å². The van der Waals surface area contributed by atoms with E-state index in [1.807, 2.05) is 18.2 Å². The average Bonchev–Trinajstić information content (AvgIpc) is 3.46. The van der Waals surface area contributed by atoms with Crippen molar-refractivity contribution in [1.82, 2.24) is 24.2 Å². The van der Waals surface area contributed by atoms with Gasteiger partial charge < -0.3 is 10.2 Å². The summed E-state index contributed by atoms with van der Waals surface area (Å²) in [5.74, 6) is 0.148. The highest BCUT2D eigenvalue weighted by Gasteiger charge is 2.29. The topological polar surface area (TPSA) is 99.9 Å². The van der Waals surface area contributed by atoms with Gasteiger partial charge in [-0.25, -0.2) is 26.6 Å². The largest absolute Gasteiger partial charge is 0.348 e. The number of rotatable bonds is 5. The lowest BCUT2D eigenvalue weighted by Gasteiger charge is -2.30. The van der Waals surface area contributed by atoms with Gasteiger partial charge in [0.05, 0.1) is 18.5 Å². The first-order valence-electron chi connectivity index (χ1n) is 11.4. The van der Waals surface area contributed by atoms with Crippen LogP contribution in [0.2, 0.25) is 0 Å². The highest BCUT2D eigenvalue weighted by atomic mass is 32.2. The predicted octanol–water partition coefficient (Wildman–Crippen LogP) is 2.36. The highest BCUT2D eigenvalue weighted by Crippen LogP contribution is 2.35. The Labute approximate surface area is 197 Å². The van der Waals surface area contributed by atoms with Crippen molar-refractivity contribution < 1.29 is 17.6 Å². The van der Waals surface area contributed by atoms with Crippen LogP contribution in [0.3, 0.4) is 0 Å². The molecule has 2 aliphatic rings. The van der Waals surface area contributed by atoms with Crippen molar-refractivity contribution >= 4 is 27.4 Å². The molecule has 0 bridgehead atoms. The molecule has 180 valence electrons. The molecular formula is C23H27FN6O3S. The van der Waals surface area contributed by atoms with Gasteiger partial charge in [-0.2, -0.15) is 0 Å². The van der Waals surface area contributed by atoms with Gasteiger partial charge in [-0.05, 0) is 55.5 Å². The molecule has 2 saturated heterocycles. The van der Waals surface area contributed by atoms with Crippen LogP contribution in [0.15, 0.2) is 42.6 Å². The zero-order valence-corrected chi connectivity index (χ0v) is 19.7. The summed E-state index contributed by atoms with van der Waals surface area (Å²) >= 11 is 0. The molecule has 0 aliphatic carbocycles. The van der Waals surface area contributed by atoms with Gasteiger partial charge in [0.25, 0.3) is 5.91 Å². The van der Waals surface area contributed by atoms with Crippen LogP contribution in [0.4, 0.5) is 10.2 Å². The molecule has 0 saturated carbocycles. The number of sulfonamides is 1. The van der Waals surface area contributed by atoms with Crippen molar-refractivity contribution in [2.24, 2.45) is 0 Å². The molecule has 11 heteroatoms. The predicted molar refractivity (Wildman–Crippen MR) is 126 cm³/mol. The lowest BCUT2D eigenvalue weighted by Crippen LogP contribution is -2.46. The number of hydrogen-bond donors (Lipinski definition) is 1. The van der Waals surface area contributed by atoms with Crippen LogP contribution in [0.5, 0.6) is 0 Å². The molecule has 2 aromatic heterocycles. The van der Waals surface area contributed by atoms with E-state index in [1.165, 1.54) is 27.3 Å². The van der Waals surface area contributed by atoms with Gasteiger partial charge in [-0.3, -0.25) is 4.79 Å². The first kappa shape index (κ1) is 22.7. The summed E-state index contributed by atoms with van der Waals surface area (Å²) in [5, 5.41) is 7.71. The third kappa shape index (κ3) is 4.49. The van der Waals surface area contributed by atoms with E-state index in [1.54, 1.807) is 12.1 Å². The highest BCUT2D eigenvalue weighted by molar-refractivity contribution is 7.88. The van der Waals surface area contributed by atoms with Crippen molar-refractivity contribution in [2.45, 2.75) is 37.8 Å². The first-order valence-corrected chi connectivity index (χ1v) is 13.3. The van der Waals surface area contributed by atoms with E-state index in [4.69, 9.17) is 5.10 Å². The summed E-state index contributed by atoms with van der Waals surface area (Å²) in [6.07, 6.45) is 5.67. The van der Waals surface area contributed by atoms with Gasteiger partial charge in [0.15, 0.2) is 11.3 Å². The SMILES string of the molecule is CS(=O)(=O)N1CCC(NC(=O)c2cnc3ccc(N4CCCC4c4cccc(F)c4)nn23)CC1. The minimum Gasteiger partial charge on any atom is -0.348 e. The maximum absolute atomic E-state index is 13.8. The number of imidazole rings is 1. The molecule has 2 aliphatic heterocycles. The third-order valence-electron chi connectivity index (χ3n) is 6.62. The summed E-state index contributed by atoms with van der Waals surface area (Å²) in [6.45, 7) is 1.56. The van der Waals surface area contributed by atoms with Gasteiger partial charge in [0.1, 0.15) is 11.6 Å². The summed E-state index contributed by atoms with van der Waals surface area (Å²) in [6, 6.07) is 10.2. The number of carbonyl (C=O) groups excluding carboxylic acids is 1. The molecule has 1 atom stereocenters. The fourth-order valence-electron chi connectivity index (χ4n) is 4.86. The number of aromatic nitrogens is 3. The minimum atomic E-state index is -3.22. The second-order valence-corrected chi connectivity index (χ2v) is 10.9. The monoisotopic (exact) mass is 486 g/mol. The number of piperidine rings is 1. The molecule has 0 spiro atoms.